The van der Waals surface area contributed by atoms with Gasteiger partial charge in [0.1, 0.15) is 0 Å². The van der Waals surface area contributed by atoms with Crippen molar-refractivity contribution in [1.82, 2.24) is 0 Å². The molecule has 0 amide bonds. The maximum atomic E-state index is 12.5. The minimum Gasteiger partial charge on any atom is -0.360 e. The highest BCUT2D eigenvalue weighted by Crippen LogP contribution is 2.26. The number of halogens is 1. The highest BCUT2D eigenvalue weighted by Gasteiger charge is 2.38. The van der Waals surface area contributed by atoms with Gasteiger partial charge in [-0.15, -0.1) is 0 Å². The summed E-state index contributed by atoms with van der Waals surface area (Å²) in [5, 5.41) is -0.185. The average molecular weight is 299 g/mol. The van der Waals surface area contributed by atoms with E-state index in [1.54, 1.807) is 24.3 Å². The number of hydrogen-bond donors (Lipinski definition) is 0. The molecule has 1 fully saturated rings. The van der Waals surface area contributed by atoms with E-state index in [-0.39, 0.29) is 5.04 Å². The van der Waals surface area contributed by atoms with Crippen LogP contribution in [0.1, 0.15) is 37.7 Å². The number of sulfone groups is 1. The molecule has 2 rings (SSSR count). The van der Waals surface area contributed by atoms with E-state index in [1.807, 2.05) is 0 Å². The molecule has 1 saturated carbocycles. The predicted molar refractivity (Wildman–Crippen MR) is 75.0 cm³/mol. The van der Waals surface area contributed by atoms with Crippen molar-refractivity contribution in [3.05, 3.63) is 40.4 Å². The lowest BCUT2D eigenvalue weighted by Crippen LogP contribution is -2.31. The lowest BCUT2D eigenvalue weighted by atomic mass is 10.0. The van der Waals surface area contributed by atoms with Crippen molar-refractivity contribution in [3.63, 3.8) is 0 Å². The van der Waals surface area contributed by atoms with Crippen LogP contribution >= 0.6 is 11.6 Å². The summed E-state index contributed by atoms with van der Waals surface area (Å²) in [6.45, 7) is 0. The molecule has 0 aromatic heterocycles. The van der Waals surface area contributed by atoms with Crippen molar-refractivity contribution in [2.75, 3.05) is 0 Å². The third kappa shape index (κ3) is 3.06. The molecule has 102 valence electrons. The first-order chi connectivity index (χ1) is 9.05. The van der Waals surface area contributed by atoms with Gasteiger partial charge in [-0.2, -0.15) is 4.79 Å². The van der Waals surface area contributed by atoms with Crippen LogP contribution in [-0.4, -0.2) is 23.5 Å². The molecule has 0 spiro atoms. The third-order valence-electron chi connectivity index (χ3n) is 3.44. The Morgan fingerprint density at radius 2 is 1.74 bits per heavy atom. The van der Waals surface area contributed by atoms with E-state index in [0.29, 0.717) is 23.4 Å². The number of benzene rings is 1. The molecule has 1 aromatic rings. The second-order valence-electron chi connectivity index (χ2n) is 4.72. The van der Waals surface area contributed by atoms with Crippen molar-refractivity contribution < 1.29 is 13.2 Å². The van der Waals surface area contributed by atoms with Crippen LogP contribution in [0.15, 0.2) is 24.3 Å². The van der Waals surface area contributed by atoms with Crippen LogP contribution in [0.5, 0.6) is 0 Å². The van der Waals surface area contributed by atoms with E-state index in [2.05, 4.69) is 4.79 Å². The van der Waals surface area contributed by atoms with Gasteiger partial charge in [-0.25, -0.2) is 8.42 Å². The topological polar surface area (TPSA) is 70.5 Å². The van der Waals surface area contributed by atoms with E-state index in [4.69, 9.17) is 17.1 Å². The molecule has 0 atom stereocenters. The fourth-order valence-electron chi connectivity index (χ4n) is 2.40. The highest BCUT2D eigenvalue weighted by atomic mass is 35.5. The van der Waals surface area contributed by atoms with Gasteiger partial charge in [0, 0.05) is 5.02 Å². The van der Waals surface area contributed by atoms with Crippen molar-refractivity contribution in [1.29, 1.82) is 0 Å². The molecular weight excluding hydrogens is 284 g/mol. The minimum atomic E-state index is -3.58. The van der Waals surface area contributed by atoms with Crippen LogP contribution in [0, 0.1) is 0 Å². The Morgan fingerprint density at radius 3 is 2.26 bits per heavy atom. The van der Waals surface area contributed by atoms with Crippen molar-refractivity contribution in [2.45, 2.75) is 37.4 Å². The quantitative estimate of drug-likeness (QED) is 0.364. The predicted octanol–water partition coefficient (Wildman–Crippen LogP) is 3.06. The molecule has 1 aromatic carbocycles. The Labute approximate surface area is 117 Å². The largest absolute Gasteiger partial charge is 0.412 e. The monoisotopic (exact) mass is 298 g/mol. The van der Waals surface area contributed by atoms with E-state index < -0.39 is 15.1 Å². The molecule has 0 radical (unpaired) electrons. The Morgan fingerprint density at radius 1 is 1.16 bits per heavy atom. The van der Waals surface area contributed by atoms with Gasteiger partial charge in [0.25, 0.3) is 9.84 Å². The number of nitrogens with zero attached hydrogens (tertiary/aromatic N) is 2. The summed E-state index contributed by atoms with van der Waals surface area (Å²) < 4.78 is 25.0. The van der Waals surface area contributed by atoms with Crippen molar-refractivity contribution in [3.8, 4) is 0 Å². The van der Waals surface area contributed by atoms with E-state index >= 15 is 0 Å². The molecule has 0 unspecified atom stereocenters. The van der Waals surface area contributed by atoms with Crippen molar-refractivity contribution >= 4 is 26.5 Å². The fraction of sp³-hybridized carbons (Fsp3) is 0.462. The Bertz CT molecular complexity index is 598. The standard InChI is InChI=1S/C13H15ClN2O2S/c14-11-8-6-10(7-9-11)13(16-15)19(17,18)12-4-2-1-3-5-12/h6-9,12H,1-5H2. The van der Waals surface area contributed by atoms with Gasteiger partial charge in [0.05, 0.1) is 10.8 Å². The van der Waals surface area contributed by atoms with Gasteiger partial charge < -0.3 is 5.53 Å². The van der Waals surface area contributed by atoms with Crippen LogP contribution in [0.2, 0.25) is 5.02 Å². The zero-order chi connectivity index (χ0) is 13.9. The first-order valence-electron chi connectivity index (χ1n) is 6.27. The van der Waals surface area contributed by atoms with Crippen LogP contribution in [0.3, 0.4) is 0 Å². The Balaban J connectivity index is 2.36. The Hall–Kier alpha value is -1.16. The maximum Gasteiger partial charge on any atom is 0.412 e. The van der Waals surface area contributed by atoms with E-state index in [1.165, 1.54) is 0 Å². The van der Waals surface area contributed by atoms with Gasteiger partial charge >= 0.3 is 5.04 Å². The summed E-state index contributed by atoms with van der Waals surface area (Å²) in [4.78, 5) is 3.02. The average Bonchev–Trinajstić information content (AvgIpc) is 2.42. The first kappa shape index (κ1) is 14.3. The van der Waals surface area contributed by atoms with Crippen LogP contribution in [-0.2, 0) is 9.84 Å². The van der Waals surface area contributed by atoms with Gasteiger partial charge in [0.2, 0.25) is 0 Å². The highest BCUT2D eigenvalue weighted by molar-refractivity contribution is 8.07. The molecular formula is C13H15ClN2O2S. The summed E-state index contributed by atoms with van der Waals surface area (Å²) in [5.41, 5.74) is 9.46. The molecule has 0 saturated heterocycles. The summed E-state index contributed by atoms with van der Waals surface area (Å²) in [7, 11) is -3.58. The molecule has 6 heteroatoms. The minimum absolute atomic E-state index is 0.254. The zero-order valence-corrected chi connectivity index (χ0v) is 12.0. The SMILES string of the molecule is [N-]=[N+]=C(c1ccc(Cl)cc1)S(=O)(=O)C1CCCCC1. The Kier molecular flexibility index (Phi) is 4.40. The van der Waals surface area contributed by atoms with E-state index in [0.717, 1.165) is 19.3 Å². The number of rotatable bonds is 2. The van der Waals surface area contributed by atoms with Gasteiger partial charge in [0.15, 0.2) is 0 Å². The van der Waals surface area contributed by atoms with Gasteiger partial charge in [-0.3, -0.25) is 0 Å². The van der Waals surface area contributed by atoms with Crippen LogP contribution in [0.4, 0.5) is 0 Å². The number of hydrogen-bond acceptors (Lipinski definition) is 2. The molecule has 4 nitrogen and oxygen atoms in total. The second kappa shape index (κ2) is 5.87. The molecule has 0 N–H and O–H groups in total. The summed E-state index contributed by atoms with van der Waals surface area (Å²) in [6, 6.07) is 6.27. The molecule has 1 aliphatic rings. The fourth-order valence-corrected chi connectivity index (χ4v) is 4.38. The molecule has 1 aliphatic carbocycles. The third-order valence-corrected chi connectivity index (χ3v) is 5.90. The van der Waals surface area contributed by atoms with E-state index in [9.17, 15) is 8.42 Å². The molecule has 0 heterocycles. The lowest BCUT2D eigenvalue weighted by molar-refractivity contribution is 0.000498. The summed E-state index contributed by atoms with van der Waals surface area (Å²) in [6.07, 6.45) is 4.15. The molecule has 0 bridgehead atoms. The second-order valence-corrected chi connectivity index (χ2v) is 7.30. The zero-order valence-electron chi connectivity index (χ0n) is 10.4. The lowest BCUT2D eigenvalue weighted by Gasteiger charge is -2.19. The van der Waals surface area contributed by atoms with Crippen molar-refractivity contribution in [2.24, 2.45) is 0 Å². The van der Waals surface area contributed by atoms with Crippen LogP contribution in [0.25, 0.3) is 5.53 Å². The molecule has 19 heavy (non-hydrogen) atoms. The summed E-state index contributed by atoms with van der Waals surface area (Å²) >= 11 is 5.77. The molecule has 0 aliphatic heterocycles. The summed E-state index contributed by atoms with van der Waals surface area (Å²) in [5.74, 6) is 0. The van der Waals surface area contributed by atoms with Gasteiger partial charge in [-0.05, 0) is 37.1 Å². The maximum absolute atomic E-state index is 12.5. The normalized spacial score (nSPS) is 16.9. The van der Waals surface area contributed by atoms with Crippen LogP contribution < -0.4 is 0 Å². The first-order valence-corrected chi connectivity index (χ1v) is 8.20. The smallest absolute Gasteiger partial charge is 0.360 e. The van der Waals surface area contributed by atoms with Gasteiger partial charge in [-0.1, -0.05) is 30.9 Å².